The molecule has 6 heteroatoms. The molecule has 86 valence electrons. The second-order valence-electron chi connectivity index (χ2n) is 3.01. The van der Waals surface area contributed by atoms with E-state index in [2.05, 4.69) is 95.6 Å². The SMILES string of the molecule is BrCC(Br)CC(Br)C(Br)CC(Br)CBr. The molecule has 0 aromatic rings. The summed E-state index contributed by atoms with van der Waals surface area (Å²) in [5.74, 6) is 0. The Bertz CT molecular complexity index is 126. The number of rotatable bonds is 7. The van der Waals surface area contributed by atoms with Crippen molar-refractivity contribution in [1.82, 2.24) is 0 Å². The molecule has 0 spiro atoms. The third-order valence-electron chi connectivity index (χ3n) is 1.69. The van der Waals surface area contributed by atoms with Gasteiger partial charge < -0.3 is 0 Å². The van der Waals surface area contributed by atoms with Crippen LogP contribution >= 0.6 is 95.6 Å². The topological polar surface area (TPSA) is 0 Å². The molecular weight excluding hydrogens is 576 g/mol. The molecule has 4 atom stereocenters. The van der Waals surface area contributed by atoms with Crippen molar-refractivity contribution in [3.05, 3.63) is 0 Å². The quantitative estimate of drug-likeness (QED) is 0.340. The van der Waals surface area contributed by atoms with Crippen LogP contribution in [0.5, 0.6) is 0 Å². The van der Waals surface area contributed by atoms with Gasteiger partial charge in [-0.3, -0.25) is 0 Å². The van der Waals surface area contributed by atoms with Crippen molar-refractivity contribution in [3.8, 4) is 0 Å². The summed E-state index contributed by atoms with van der Waals surface area (Å²) in [7, 11) is 0. The van der Waals surface area contributed by atoms with Gasteiger partial charge in [-0.2, -0.15) is 0 Å². The van der Waals surface area contributed by atoms with E-state index in [1.54, 1.807) is 0 Å². The predicted molar refractivity (Wildman–Crippen MR) is 87.7 cm³/mol. The van der Waals surface area contributed by atoms with Gasteiger partial charge in [0.25, 0.3) is 0 Å². The Labute approximate surface area is 136 Å². The van der Waals surface area contributed by atoms with Crippen LogP contribution in [0.4, 0.5) is 0 Å². The molecule has 14 heavy (non-hydrogen) atoms. The summed E-state index contributed by atoms with van der Waals surface area (Å²) < 4.78 is 0. The van der Waals surface area contributed by atoms with Gasteiger partial charge in [-0.05, 0) is 12.8 Å². The number of alkyl halides is 6. The molecule has 0 heterocycles. The molecule has 0 amide bonds. The van der Waals surface area contributed by atoms with Crippen LogP contribution in [-0.4, -0.2) is 30.0 Å². The highest BCUT2D eigenvalue weighted by Gasteiger charge is 2.21. The summed E-state index contributed by atoms with van der Waals surface area (Å²) in [5, 5.41) is 1.98. The Balaban J connectivity index is 3.80. The van der Waals surface area contributed by atoms with Crippen molar-refractivity contribution >= 4 is 95.6 Å². The normalized spacial score (nSPS) is 20.1. The van der Waals surface area contributed by atoms with E-state index in [9.17, 15) is 0 Å². The standard InChI is InChI=1S/C8H12Br6/c9-3-5(11)1-7(13)8(14)2-6(12)4-10/h5-8H,1-4H2. The highest BCUT2D eigenvalue weighted by Crippen LogP contribution is 2.28. The minimum absolute atomic E-state index is 0.503. The first kappa shape index (κ1) is 16.9. The van der Waals surface area contributed by atoms with Gasteiger partial charge >= 0.3 is 0 Å². The molecule has 0 fully saturated rings. The molecule has 0 aromatic heterocycles. The van der Waals surface area contributed by atoms with Gasteiger partial charge in [-0.25, -0.2) is 0 Å². The minimum atomic E-state index is 0.503. The van der Waals surface area contributed by atoms with Crippen molar-refractivity contribution in [2.24, 2.45) is 0 Å². The summed E-state index contributed by atoms with van der Waals surface area (Å²) in [4.78, 5) is 2.07. The van der Waals surface area contributed by atoms with E-state index in [1.807, 2.05) is 0 Å². The second-order valence-corrected chi connectivity index (χ2v) is 9.24. The van der Waals surface area contributed by atoms with E-state index in [0.29, 0.717) is 19.3 Å². The van der Waals surface area contributed by atoms with Crippen molar-refractivity contribution in [2.75, 3.05) is 10.7 Å². The lowest BCUT2D eigenvalue weighted by atomic mass is 10.1. The maximum atomic E-state index is 3.71. The zero-order valence-electron chi connectivity index (χ0n) is 7.41. The number of hydrogen-bond acceptors (Lipinski definition) is 0. The molecular formula is C8H12Br6. The van der Waals surface area contributed by atoms with Crippen molar-refractivity contribution in [2.45, 2.75) is 32.2 Å². The zero-order chi connectivity index (χ0) is 11.1. The zero-order valence-corrected chi connectivity index (χ0v) is 16.9. The molecule has 0 saturated heterocycles. The molecule has 0 N–H and O–H groups in total. The van der Waals surface area contributed by atoms with Crippen LogP contribution in [0.2, 0.25) is 0 Å². The monoisotopic (exact) mass is 582 g/mol. The molecule has 0 saturated carbocycles. The van der Waals surface area contributed by atoms with E-state index in [4.69, 9.17) is 0 Å². The van der Waals surface area contributed by atoms with Crippen LogP contribution in [0.25, 0.3) is 0 Å². The van der Waals surface area contributed by atoms with Gasteiger partial charge in [0.2, 0.25) is 0 Å². The molecule has 0 rings (SSSR count). The van der Waals surface area contributed by atoms with E-state index in [0.717, 1.165) is 23.5 Å². The minimum Gasteiger partial charge on any atom is -0.0916 e. The number of hydrogen-bond donors (Lipinski definition) is 0. The molecule has 0 aliphatic carbocycles. The lowest BCUT2D eigenvalue weighted by Crippen LogP contribution is -2.22. The smallest absolute Gasteiger partial charge is 0.0282 e. The average Bonchev–Trinajstić information content (AvgIpc) is 2.17. The van der Waals surface area contributed by atoms with Crippen LogP contribution in [-0.2, 0) is 0 Å². The molecule has 0 aliphatic heterocycles. The fourth-order valence-corrected chi connectivity index (χ4v) is 4.58. The van der Waals surface area contributed by atoms with E-state index < -0.39 is 0 Å². The van der Waals surface area contributed by atoms with Crippen LogP contribution < -0.4 is 0 Å². The fraction of sp³-hybridized carbons (Fsp3) is 1.00. The van der Waals surface area contributed by atoms with Gasteiger partial charge in [0.05, 0.1) is 0 Å². The summed E-state index contributed by atoms with van der Waals surface area (Å²) in [6.45, 7) is 0. The molecule has 0 aromatic carbocycles. The fourth-order valence-electron chi connectivity index (χ4n) is 0.910. The first-order valence-electron chi connectivity index (χ1n) is 4.19. The lowest BCUT2D eigenvalue weighted by molar-refractivity contribution is 0.696. The molecule has 0 nitrogen and oxygen atoms in total. The maximum Gasteiger partial charge on any atom is 0.0282 e. The summed E-state index contributed by atoms with van der Waals surface area (Å²) in [5.41, 5.74) is 0. The summed E-state index contributed by atoms with van der Waals surface area (Å²) >= 11 is 21.6. The second kappa shape index (κ2) is 9.86. The Hall–Kier alpha value is 2.88. The Morgan fingerprint density at radius 3 is 1.14 bits per heavy atom. The van der Waals surface area contributed by atoms with Gasteiger partial charge in [0.1, 0.15) is 0 Å². The van der Waals surface area contributed by atoms with Crippen molar-refractivity contribution in [3.63, 3.8) is 0 Å². The average molecular weight is 588 g/mol. The van der Waals surface area contributed by atoms with E-state index in [-0.39, 0.29) is 0 Å². The summed E-state index contributed by atoms with van der Waals surface area (Å²) in [6, 6.07) is 0. The van der Waals surface area contributed by atoms with Crippen molar-refractivity contribution < 1.29 is 0 Å². The Morgan fingerprint density at radius 1 is 0.643 bits per heavy atom. The molecule has 4 unspecified atom stereocenters. The molecule has 0 aliphatic rings. The van der Waals surface area contributed by atoms with E-state index in [1.165, 1.54) is 0 Å². The number of halogens is 6. The molecule has 0 bridgehead atoms. The third-order valence-corrected chi connectivity index (χ3v) is 9.12. The van der Waals surface area contributed by atoms with Crippen molar-refractivity contribution in [1.29, 1.82) is 0 Å². The maximum absolute atomic E-state index is 3.71. The molecule has 0 radical (unpaired) electrons. The largest absolute Gasteiger partial charge is 0.0916 e. The van der Waals surface area contributed by atoms with Crippen LogP contribution in [0.15, 0.2) is 0 Å². The first-order valence-corrected chi connectivity index (χ1v) is 10.1. The van der Waals surface area contributed by atoms with Crippen LogP contribution in [0, 0.1) is 0 Å². The van der Waals surface area contributed by atoms with Gasteiger partial charge in [0.15, 0.2) is 0 Å². The lowest BCUT2D eigenvalue weighted by Gasteiger charge is -2.20. The van der Waals surface area contributed by atoms with Gasteiger partial charge in [-0.1, -0.05) is 95.6 Å². The highest BCUT2D eigenvalue weighted by atomic mass is 79.9. The summed E-state index contributed by atoms with van der Waals surface area (Å²) in [6.07, 6.45) is 2.23. The predicted octanol–water partition coefficient (Wildman–Crippen LogP) is 5.61. The highest BCUT2D eigenvalue weighted by molar-refractivity contribution is 9.13. The van der Waals surface area contributed by atoms with Crippen LogP contribution in [0.3, 0.4) is 0 Å². The Kier molecular flexibility index (Phi) is 11.9. The van der Waals surface area contributed by atoms with Crippen LogP contribution in [0.1, 0.15) is 12.8 Å². The third kappa shape index (κ3) is 8.04. The Morgan fingerprint density at radius 2 is 0.929 bits per heavy atom. The first-order chi connectivity index (χ1) is 6.51. The van der Waals surface area contributed by atoms with Gasteiger partial charge in [-0.15, -0.1) is 0 Å². The van der Waals surface area contributed by atoms with Gasteiger partial charge in [0, 0.05) is 30.0 Å². The van der Waals surface area contributed by atoms with E-state index >= 15 is 0 Å².